The molecule has 1 aliphatic rings. The van der Waals surface area contributed by atoms with Crippen molar-refractivity contribution in [3.63, 3.8) is 0 Å². The number of benzene rings is 3. The molecule has 4 heteroatoms. The monoisotopic (exact) mass is 347 g/mol. The predicted molar refractivity (Wildman–Crippen MR) is 103 cm³/mol. The predicted octanol–water partition coefficient (Wildman–Crippen LogP) is 5.11. The molecule has 0 fully saturated rings. The fraction of sp³-hybridized carbons (Fsp3) is 0.182. The smallest absolute Gasteiger partial charge is 0.140 e. The van der Waals surface area contributed by atoms with E-state index in [2.05, 4.69) is 0 Å². The van der Waals surface area contributed by atoms with Gasteiger partial charge in [-0.3, -0.25) is 0 Å². The summed E-state index contributed by atoms with van der Waals surface area (Å²) in [5.41, 5.74) is 4.74. The number of anilines is 3. The molecule has 0 amide bonds. The molecule has 0 unspecified atom stereocenters. The van der Waals surface area contributed by atoms with Crippen LogP contribution in [0.2, 0.25) is 0 Å². The van der Waals surface area contributed by atoms with Crippen LogP contribution in [0, 0.1) is 6.92 Å². The summed E-state index contributed by atoms with van der Waals surface area (Å²) in [7, 11) is 1.66. The van der Waals surface area contributed by atoms with E-state index in [-0.39, 0.29) is 5.75 Å². The first-order valence-corrected chi connectivity index (χ1v) is 8.66. The molecule has 0 spiro atoms. The fourth-order valence-corrected chi connectivity index (χ4v) is 3.37. The molecule has 0 aliphatic carbocycles. The van der Waals surface area contributed by atoms with Gasteiger partial charge in [0.15, 0.2) is 0 Å². The number of phenolic OH excluding ortho intramolecular Hbond substituents is 1. The minimum atomic E-state index is 0.244. The Labute approximate surface area is 153 Å². The van der Waals surface area contributed by atoms with Gasteiger partial charge in [-0.05, 0) is 48.9 Å². The summed E-state index contributed by atoms with van der Waals surface area (Å²) < 4.78 is 11.1. The van der Waals surface area contributed by atoms with Gasteiger partial charge in [0.2, 0.25) is 0 Å². The van der Waals surface area contributed by atoms with Crippen molar-refractivity contribution < 1.29 is 14.6 Å². The van der Waals surface area contributed by atoms with E-state index in [1.807, 2.05) is 72.5 Å². The zero-order valence-corrected chi connectivity index (χ0v) is 14.9. The molecule has 4 nitrogen and oxygen atoms in total. The van der Waals surface area contributed by atoms with Gasteiger partial charge < -0.3 is 19.5 Å². The first-order valence-electron chi connectivity index (χ1n) is 8.66. The number of phenols is 1. The minimum Gasteiger partial charge on any atom is -0.506 e. The van der Waals surface area contributed by atoms with Crippen LogP contribution in [0.3, 0.4) is 0 Å². The molecule has 0 saturated carbocycles. The van der Waals surface area contributed by atoms with Crippen molar-refractivity contribution in [1.29, 1.82) is 0 Å². The Morgan fingerprint density at radius 3 is 2.54 bits per heavy atom. The first kappa shape index (κ1) is 16.3. The average molecular weight is 347 g/mol. The molecule has 26 heavy (non-hydrogen) atoms. The number of hydrogen-bond donors (Lipinski definition) is 1. The maximum atomic E-state index is 10.7. The van der Waals surface area contributed by atoms with Gasteiger partial charge in [0.05, 0.1) is 19.4 Å². The highest BCUT2D eigenvalue weighted by atomic mass is 16.5. The Bertz CT molecular complexity index is 938. The van der Waals surface area contributed by atoms with Crippen LogP contribution in [0.5, 0.6) is 17.2 Å². The van der Waals surface area contributed by atoms with E-state index in [1.165, 1.54) is 0 Å². The van der Waals surface area contributed by atoms with Crippen LogP contribution in [-0.2, 0) is 6.42 Å². The summed E-state index contributed by atoms with van der Waals surface area (Å²) in [6.45, 7) is 2.69. The molecule has 0 saturated heterocycles. The molecular formula is C22H21NO3. The Balaban J connectivity index is 1.91. The van der Waals surface area contributed by atoms with Crippen LogP contribution in [0.4, 0.5) is 17.1 Å². The number of fused-ring (bicyclic) bond motifs is 1. The SMILES string of the molecule is COc1ccc(N(c2ccccc2)c2cc3c(cc2O)CCO3)c(C)c1. The summed E-state index contributed by atoms with van der Waals surface area (Å²) in [5, 5.41) is 10.7. The van der Waals surface area contributed by atoms with Crippen molar-refractivity contribution in [2.45, 2.75) is 13.3 Å². The van der Waals surface area contributed by atoms with Gasteiger partial charge in [-0.15, -0.1) is 0 Å². The van der Waals surface area contributed by atoms with Crippen LogP contribution < -0.4 is 14.4 Å². The second-order valence-electron chi connectivity index (χ2n) is 6.37. The number of aromatic hydroxyl groups is 1. The third-order valence-corrected chi connectivity index (χ3v) is 4.69. The molecule has 0 bridgehead atoms. The lowest BCUT2D eigenvalue weighted by Crippen LogP contribution is -2.11. The Morgan fingerprint density at radius 1 is 1.00 bits per heavy atom. The number of ether oxygens (including phenoxy) is 2. The van der Waals surface area contributed by atoms with E-state index in [1.54, 1.807) is 7.11 Å². The molecule has 3 aromatic carbocycles. The largest absolute Gasteiger partial charge is 0.506 e. The summed E-state index contributed by atoms with van der Waals surface area (Å²) in [6, 6.07) is 19.7. The van der Waals surface area contributed by atoms with Crippen LogP contribution in [0.1, 0.15) is 11.1 Å². The van der Waals surface area contributed by atoms with Gasteiger partial charge >= 0.3 is 0 Å². The lowest BCUT2D eigenvalue weighted by Gasteiger charge is -2.28. The molecule has 3 aromatic rings. The third kappa shape index (κ3) is 2.84. The maximum Gasteiger partial charge on any atom is 0.140 e. The van der Waals surface area contributed by atoms with Gasteiger partial charge in [-0.25, -0.2) is 0 Å². The van der Waals surface area contributed by atoms with Gasteiger partial charge in [0.25, 0.3) is 0 Å². The van der Waals surface area contributed by atoms with Crippen molar-refractivity contribution >= 4 is 17.1 Å². The Morgan fingerprint density at radius 2 is 1.81 bits per heavy atom. The van der Waals surface area contributed by atoms with E-state index >= 15 is 0 Å². The van der Waals surface area contributed by atoms with E-state index in [0.29, 0.717) is 12.3 Å². The van der Waals surface area contributed by atoms with Crippen molar-refractivity contribution in [2.75, 3.05) is 18.6 Å². The molecule has 1 heterocycles. The number of rotatable bonds is 4. The third-order valence-electron chi connectivity index (χ3n) is 4.69. The summed E-state index contributed by atoms with van der Waals surface area (Å²) in [6.07, 6.45) is 0.829. The van der Waals surface area contributed by atoms with Gasteiger partial charge in [0, 0.05) is 29.4 Å². The molecule has 1 N–H and O–H groups in total. The molecule has 132 valence electrons. The summed E-state index contributed by atoms with van der Waals surface area (Å²) in [5.74, 6) is 1.89. The minimum absolute atomic E-state index is 0.244. The molecular weight excluding hydrogens is 326 g/mol. The zero-order valence-electron chi connectivity index (χ0n) is 14.9. The maximum absolute atomic E-state index is 10.7. The molecule has 0 atom stereocenters. The van der Waals surface area contributed by atoms with Gasteiger partial charge in [-0.1, -0.05) is 18.2 Å². The average Bonchev–Trinajstić information content (AvgIpc) is 3.11. The highest BCUT2D eigenvalue weighted by Gasteiger charge is 2.22. The molecule has 0 radical (unpaired) electrons. The van der Waals surface area contributed by atoms with Gasteiger partial charge in [0.1, 0.15) is 17.2 Å². The van der Waals surface area contributed by atoms with Crippen LogP contribution in [-0.4, -0.2) is 18.8 Å². The first-order chi connectivity index (χ1) is 12.7. The van der Waals surface area contributed by atoms with Crippen molar-refractivity contribution in [1.82, 2.24) is 0 Å². The number of methoxy groups -OCH3 is 1. The van der Waals surface area contributed by atoms with Crippen molar-refractivity contribution in [2.24, 2.45) is 0 Å². The van der Waals surface area contributed by atoms with E-state index < -0.39 is 0 Å². The molecule has 0 aromatic heterocycles. The highest BCUT2D eigenvalue weighted by Crippen LogP contribution is 2.45. The van der Waals surface area contributed by atoms with E-state index in [9.17, 15) is 5.11 Å². The molecule has 4 rings (SSSR count). The Hall–Kier alpha value is -3.14. The number of aryl methyl sites for hydroxylation is 1. The normalized spacial score (nSPS) is 12.4. The van der Waals surface area contributed by atoms with Crippen LogP contribution >= 0.6 is 0 Å². The number of hydrogen-bond acceptors (Lipinski definition) is 4. The number of nitrogens with zero attached hydrogens (tertiary/aromatic N) is 1. The van der Waals surface area contributed by atoms with Crippen molar-refractivity contribution in [3.8, 4) is 17.2 Å². The van der Waals surface area contributed by atoms with Gasteiger partial charge in [-0.2, -0.15) is 0 Å². The van der Waals surface area contributed by atoms with Crippen LogP contribution in [0.15, 0.2) is 60.7 Å². The summed E-state index contributed by atoms with van der Waals surface area (Å²) in [4.78, 5) is 2.05. The quantitative estimate of drug-likeness (QED) is 0.712. The molecule has 1 aliphatic heterocycles. The standard InChI is InChI=1S/C22H21NO3/c1-15-12-18(25-2)8-9-19(15)23(17-6-4-3-5-7-17)20-14-22-16(10-11-26-22)13-21(20)24/h3-9,12-14,24H,10-11H2,1-2H3. The Kier molecular flexibility index (Phi) is 4.17. The highest BCUT2D eigenvalue weighted by molar-refractivity contribution is 5.83. The zero-order chi connectivity index (χ0) is 18.1. The lowest BCUT2D eigenvalue weighted by molar-refractivity contribution is 0.356. The fourth-order valence-electron chi connectivity index (χ4n) is 3.37. The number of para-hydroxylation sites is 1. The topological polar surface area (TPSA) is 41.9 Å². The van der Waals surface area contributed by atoms with Crippen LogP contribution in [0.25, 0.3) is 0 Å². The second-order valence-corrected chi connectivity index (χ2v) is 6.37. The second kappa shape index (κ2) is 6.64. The lowest BCUT2D eigenvalue weighted by atomic mass is 10.1. The summed E-state index contributed by atoms with van der Waals surface area (Å²) >= 11 is 0. The van der Waals surface area contributed by atoms with Crippen molar-refractivity contribution in [3.05, 3.63) is 71.8 Å². The van der Waals surface area contributed by atoms with E-state index in [0.717, 1.165) is 40.4 Å². The van der Waals surface area contributed by atoms with E-state index in [4.69, 9.17) is 9.47 Å².